The smallest absolute Gasteiger partial charge is 0.150 e. The Bertz CT molecular complexity index is 596. The lowest BCUT2D eigenvalue weighted by molar-refractivity contribution is 0.284. The topological polar surface area (TPSA) is 59.6 Å². The van der Waals surface area contributed by atoms with Crippen LogP contribution in [0, 0.1) is 0 Å². The summed E-state index contributed by atoms with van der Waals surface area (Å²) < 4.78 is 5.29. The normalized spacial score (nSPS) is 15.2. The van der Waals surface area contributed by atoms with E-state index in [1.165, 1.54) is 16.7 Å². The van der Waals surface area contributed by atoms with E-state index in [4.69, 9.17) is 10.6 Å². The molecule has 0 bridgehead atoms. The highest BCUT2D eigenvalue weighted by molar-refractivity contribution is 6.08. The molecule has 1 aliphatic rings. The van der Waals surface area contributed by atoms with Crippen molar-refractivity contribution in [3.8, 4) is 0 Å². The van der Waals surface area contributed by atoms with Crippen molar-refractivity contribution in [2.75, 3.05) is 19.6 Å². The summed E-state index contributed by atoms with van der Waals surface area (Å²) in [6, 6.07) is 6.82. The van der Waals surface area contributed by atoms with Crippen LogP contribution in [0.2, 0.25) is 0 Å². The van der Waals surface area contributed by atoms with E-state index < -0.39 is 0 Å². The molecule has 1 aliphatic heterocycles. The minimum atomic E-state index is 0.613. The largest absolute Gasteiger partial charge is 0.503 e. The average molecular weight is 311 g/mol. The van der Waals surface area contributed by atoms with Gasteiger partial charge < -0.3 is 15.9 Å². The molecule has 0 radical (unpaired) electrons. The maximum atomic E-state index is 5.49. The summed E-state index contributed by atoms with van der Waals surface area (Å²) in [6.07, 6.45) is 7.66. The minimum Gasteiger partial charge on any atom is -0.503 e. The van der Waals surface area contributed by atoms with Crippen LogP contribution in [0.4, 0.5) is 0 Å². The molecule has 1 aromatic rings. The number of nitrogens with zero attached hydrogens (tertiary/aromatic N) is 1. The summed E-state index contributed by atoms with van der Waals surface area (Å²) in [6.45, 7) is 6.57. The number of benzene rings is 1. The number of rotatable bonds is 7. The third kappa shape index (κ3) is 5.60. The summed E-state index contributed by atoms with van der Waals surface area (Å²) in [5.74, 6) is 6.12. The highest BCUT2D eigenvalue weighted by Gasteiger charge is 2.08. The predicted molar refractivity (Wildman–Crippen MR) is 99.4 cm³/mol. The van der Waals surface area contributed by atoms with E-state index in [0.717, 1.165) is 44.5 Å². The molecule has 0 unspecified atom stereocenters. The van der Waals surface area contributed by atoms with Crippen molar-refractivity contribution in [1.29, 1.82) is 0 Å². The summed E-state index contributed by atoms with van der Waals surface area (Å²) in [7, 11) is 1.94. The Labute approximate surface area is 139 Å². The molecule has 0 spiro atoms. The average Bonchev–Trinajstić information content (AvgIpc) is 2.80. The number of ether oxygens (including phenoxy) is 1. The van der Waals surface area contributed by atoms with Crippen molar-refractivity contribution in [2.45, 2.75) is 25.7 Å². The second kappa shape index (κ2) is 9.21. The second-order valence-electron chi connectivity index (χ2n) is 5.71. The Morgan fingerprint density at radius 3 is 2.83 bits per heavy atom. The van der Waals surface area contributed by atoms with Gasteiger partial charge in [0.2, 0.25) is 0 Å². The highest BCUT2D eigenvalue weighted by atomic mass is 16.5. The molecule has 0 aromatic heterocycles. The third-order valence-corrected chi connectivity index (χ3v) is 4.04. The van der Waals surface area contributed by atoms with Gasteiger partial charge in [0.1, 0.15) is 5.76 Å². The standard InChI is InChI=1S/C18H26BN3O/c1-14(23-13-19)2-6-18(22-20)7-4-15-3-5-16-8-10-21-11-9-17(16)12-15/h2-3,5-6,12,21H,1,4,7-11,13,19-20H2/b6-2-,22-18+. The van der Waals surface area contributed by atoms with Gasteiger partial charge in [-0.1, -0.05) is 24.8 Å². The van der Waals surface area contributed by atoms with E-state index in [9.17, 15) is 0 Å². The zero-order valence-electron chi connectivity index (χ0n) is 14.0. The van der Waals surface area contributed by atoms with E-state index in [0.29, 0.717) is 12.3 Å². The molecule has 0 saturated heterocycles. The van der Waals surface area contributed by atoms with Crippen LogP contribution in [0.25, 0.3) is 0 Å². The van der Waals surface area contributed by atoms with E-state index in [-0.39, 0.29) is 0 Å². The van der Waals surface area contributed by atoms with Crippen molar-refractivity contribution < 1.29 is 4.74 Å². The van der Waals surface area contributed by atoms with Gasteiger partial charge in [-0.15, -0.1) is 0 Å². The number of hydrogen-bond donors (Lipinski definition) is 2. The molecule has 5 heteroatoms. The fourth-order valence-corrected chi connectivity index (χ4v) is 2.77. The molecule has 0 fully saturated rings. The van der Waals surface area contributed by atoms with E-state index >= 15 is 0 Å². The fourth-order valence-electron chi connectivity index (χ4n) is 2.77. The molecule has 0 amide bonds. The van der Waals surface area contributed by atoms with Crippen LogP contribution >= 0.6 is 0 Å². The Kier molecular flexibility index (Phi) is 6.94. The van der Waals surface area contributed by atoms with Crippen molar-refractivity contribution in [3.63, 3.8) is 0 Å². The number of aryl methyl sites for hydroxylation is 1. The molecular formula is C18H26BN3O. The quantitative estimate of drug-likeness (QED) is 0.199. The van der Waals surface area contributed by atoms with Gasteiger partial charge in [0.15, 0.2) is 7.85 Å². The Balaban J connectivity index is 1.94. The first-order valence-electron chi connectivity index (χ1n) is 8.31. The van der Waals surface area contributed by atoms with Gasteiger partial charge >= 0.3 is 0 Å². The van der Waals surface area contributed by atoms with Gasteiger partial charge in [-0.05, 0) is 67.6 Å². The van der Waals surface area contributed by atoms with Crippen LogP contribution in [-0.2, 0) is 24.0 Å². The third-order valence-electron chi connectivity index (χ3n) is 4.04. The zero-order valence-corrected chi connectivity index (χ0v) is 14.0. The van der Waals surface area contributed by atoms with Crippen molar-refractivity contribution in [1.82, 2.24) is 5.32 Å². The summed E-state index contributed by atoms with van der Waals surface area (Å²) in [5.41, 5.74) is 5.13. The van der Waals surface area contributed by atoms with Crippen LogP contribution < -0.4 is 11.2 Å². The number of nitrogens with one attached hydrogen (secondary N) is 1. The molecule has 0 saturated carbocycles. The van der Waals surface area contributed by atoms with Crippen molar-refractivity contribution >= 4 is 13.6 Å². The van der Waals surface area contributed by atoms with Gasteiger partial charge in [-0.2, -0.15) is 5.10 Å². The predicted octanol–water partition coefficient (Wildman–Crippen LogP) is 1.30. The van der Waals surface area contributed by atoms with Gasteiger partial charge in [0, 0.05) is 0 Å². The molecule has 2 rings (SSSR count). The number of nitrogens with two attached hydrogens (primary N) is 1. The van der Waals surface area contributed by atoms with Gasteiger partial charge in [0.25, 0.3) is 0 Å². The maximum Gasteiger partial charge on any atom is 0.150 e. The maximum absolute atomic E-state index is 5.49. The summed E-state index contributed by atoms with van der Waals surface area (Å²) >= 11 is 0. The Morgan fingerprint density at radius 2 is 2.09 bits per heavy atom. The van der Waals surface area contributed by atoms with Crippen LogP contribution in [0.3, 0.4) is 0 Å². The van der Waals surface area contributed by atoms with Crippen molar-refractivity contribution in [2.24, 2.45) is 10.9 Å². The van der Waals surface area contributed by atoms with Crippen LogP contribution in [-0.4, -0.2) is 33.2 Å². The number of allylic oxidation sites excluding steroid dienone is 2. The second-order valence-corrected chi connectivity index (χ2v) is 5.71. The molecule has 0 atom stereocenters. The highest BCUT2D eigenvalue weighted by Crippen LogP contribution is 2.16. The van der Waals surface area contributed by atoms with Crippen LogP contribution in [0.1, 0.15) is 23.1 Å². The summed E-state index contributed by atoms with van der Waals surface area (Å²) in [4.78, 5) is 0. The number of fused-ring (bicyclic) bond motifs is 1. The molecule has 122 valence electrons. The SMILES string of the molecule is BCOC(=C)/C=C\C(CCc1ccc2c(c1)CCNCC2)=N/N. The monoisotopic (exact) mass is 311 g/mol. The first-order valence-corrected chi connectivity index (χ1v) is 8.31. The van der Waals surface area contributed by atoms with Crippen LogP contribution in [0.5, 0.6) is 0 Å². The van der Waals surface area contributed by atoms with E-state index in [2.05, 4.69) is 35.2 Å². The molecule has 0 aliphatic carbocycles. The van der Waals surface area contributed by atoms with Gasteiger partial charge in [-0.3, -0.25) is 0 Å². The molecule has 3 N–H and O–H groups in total. The lowest BCUT2D eigenvalue weighted by Gasteiger charge is -2.08. The first kappa shape index (κ1) is 17.4. The van der Waals surface area contributed by atoms with Gasteiger partial charge in [-0.25, -0.2) is 0 Å². The zero-order chi connectivity index (χ0) is 16.5. The van der Waals surface area contributed by atoms with E-state index in [1.54, 1.807) is 0 Å². The molecule has 4 nitrogen and oxygen atoms in total. The minimum absolute atomic E-state index is 0.613. The Hall–Kier alpha value is -2.01. The first-order chi connectivity index (χ1) is 11.2. The fraction of sp³-hybridized carbons (Fsp3) is 0.389. The Morgan fingerprint density at radius 1 is 1.30 bits per heavy atom. The number of hydrogen-bond acceptors (Lipinski definition) is 4. The van der Waals surface area contributed by atoms with Crippen LogP contribution in [0.15, 0.2) is 47.8 Å². The summed E-state index contributed by atoms with van der Waals surface area (Å²) in [5, 5.41) is 7.31. The van der Waals surface area contributed by atoms with E-state index in [1.807, 2.05) is 20.0 Å². The molecule has 1 aromatic carbocycles. The molecular weight excluding hydrogens is 285 g/mol. The van der Waals surface area contributed by atoms with Gasteiger partial charge in [0.05, 0.1) is 12.2 Å². The lowest BCUT2D eigenvalue weighted by Crippen LogP contribution is -2.16. The lowest BCUT2D eigenvalue weighted by atomic mass is 9.97. The molecule has 1 heterocycles. The number of hydrazone groups is 1. The van der Waals surface area contributed by atoms with Crippen molar-refractivity contribution in [3.05, 3.63) is 59.4 Å². The molecule has 23 heavy (non-hydrogen) atoms.